The third-order valence-electron chi connectivity index (χ3n) is 3.56. The summed E-state index contributed by atoms with van der Waals surface area (Å²) in [7, 11) is 0. The van der Waals surface area contributed by atoms with Crippen molar-refractivity contribution in [1.82, 2.24) is 4.98 Å². The van der Waals surface area contributed by atoms with Crippen LogP contribution in [0.25, 0.3) is 10.2 Å². The molecule has 0 aliphatic carbocycles. The first kappa shape index (κ1) is 14.2. The molecule has 1 atom stereocenters. The zero-order valence-electron chi connectivity index (χ0n) is 12.0. The molecule has 0 fully saturated rings. The number of carbonyl (C=O) groups is 1. The SMILES string of the molecule is CCCC1=NN(c2nc3ccccc3s2)C(=O)C1CCN. The maximum Gasteiger partial charge on any atom is 0.258 e. The van der Waals surface area contributed by atoms with E-state index in [4.69, 9.17) is 5.73 Å². The van der Waals surface area contributed by atoms with Gasteiger partial charge in [0.2, 0.25) is 5.13 Å². The first-order chi connectivity index (χ1) is 10.2. The summed E-state index contributed by atoms with van der Waals surface area (Å²) in [5.41, 5.74) is 7.48. The number of thiazole rings is 1. The number of carbonyl (C=O) groups excluding carboxylic acids is 1. The Kier molecular flexibility index (Phi) is 3.98. The molecule has 1 unspecified atom stereocenters. The Balaban J connectivity index is 1.95. The highest BCUT2D eigenvalue weighted by molar-refractivity contribution is 7.22. The summed E-state index contributed by atoms with van der Waals surface area (Å²) < 4.78 is 1.06. The normalized spacial score (nSPS) is 18.6. The number of nitrogens with zero attached hydrogens (tertiary/aromatic N) is 3. The monoisotopic (exact) mass is 302 g/mol. The fraction of sp³-hybridized carbons (Fsp3) is 0.400. The van der Waals surface area contributed by atoms with Crippen molar-refractivity contribution in [3.8, 4) is 0 Å². The van der Waals surface area contributed by atoms with Gasteiger partial charge in [-0.1, -0.05) is 36.8 Å². The number of aromatic nitrogens is 1. The molecule has 1 aliphatic heterocycles. The van der Waals surface area contributed by atoms with Crippen LogP contribution in [0.4, 0.5) is 5.13 Å². The highest BCUT2D eigenvalue weighted by atomic mass is 32.1. The number of amides is 1. The van der Waals surface area contributed by atoms with Crippen LogP contribution in [0, 0.1) is 5.92 Å². The van der Waals surface area contributed by atoms with E-state index in [9.17, 15) is 4.79 Å². The Morgan fingerprint density at radius 3 is 2.90 bits per heavy atom. The van der Waals surface area contributed by atoms with Gasteiger partial charge in [0.1, 0.15) is 0 Å². The Labute approximate surface area is 127 Å². The maximum atomic E-state index is 12.6. The molecule has 2 aromatic rings. The van der Waals surface area contributed by atoms with Crippen molar-refractivity contribution in [2.45, 2.75) is 26.2 Å². The number of nitrogens with two attached hydrogens (primary N) is 1. The van der Waals surface area contributed by atoms with Crippen LogP contribution in [0.2, 0.25) is 0 Å². The van der Waals surface area contributed by atoms with Gasteiger partial charge in [-0.05, 0) is 31.5 Å². The topological polar surface area (TPSA) is 71.6 Å². The Bertz CT molecular complexity index is 661. The lowest BCUT2D eigenvalue weighted by atomic mass is 9.96. The number of benzene rings is 1. The lowest BCUT2D eigenvalue weighted by molar-refractivity contribution is -0.119. The van der Waals surface area contributed by atoms with E-state index in [0.29, 0.717) is 18.1 Å². The number of hydrogen-bond acceptors (Lipinski definition) is 5. The van der Waals surface area contributed by atoms with E-state index in [1.54, 1.807) is 0 Å². The van der Waals surface area contributed by atoms with Crippen molar-refractivity contribution in [3.63, 3.8) is 0 Å². The van der Waals surface area contributed by atoms with Gasteiger partial charge >= 0.3 is 0 Å². The van der Waals surface area contributed by atoms with Gasteiger partial charge in [0.15, 0.2) is 0 Å². The highest BCUT2D eigenvalue weighted by Crippen LogP contribution is 2.33. The first-order valence-electron chi connectivity index (χ1n) is 7.21. The Morgan fingerprint density at radius 2 is 2.19 bits per heavy atom. The standard InChI is InChI=1S/C15H18N4OS/c1-2-5-11-10(8-9-16)14(20)19(18-11)15-17-12-6-3-4-7-13(12)21-15/h3-4,6-7,10H,2,5,8-9,16H2,1H3. The fourth-order valence-corrected chi connectivity index (χ4v) is 3.49. The minimum Gasteiger partial charge on any atom is -0.330 e. The number of rotatable bonds is 5. The number of fused-ring (bicyclic) bond motifs is 1. The van der Waals surface area contributed by atoms with Crippen LogP contribution >= 0.6 is 11.3 Å². The molecule has 0 saturated heterocycles. The highest BCUT2D eigenvalue weighted by Gasteiger charge is 2.36. The number of para-hydroxylation sites is 1. The van der Waals surface area contributed by atoms with Crippen LogP contribution in [0.3, 0.4) is 0 Å². The van der Waals surface area contributed by atoms with Gasteiger partial charge in [0.25, 0.3) is 5.91 Å². The van der Waals surface area contributed by atoms with Crippen LogP contribution in [-0.2, 0) is 4.79 Å². The van der Waals surface area contributed by atoms with E-state index < -0.39 is 0 Å². The molecule has 5 nitrogen and oxygen atoms in total. The molecular weight excluding hydrogens is 284 g/mol. The largest absolute Gasteiger partial charge is 0.330 e. The van der Waals surface area contributed by atoms with Gasteiger partial charge in [-0.2, -0.15) is 10.1 Å². The predicted molar refractivity (Wildman–Crippen MR) is 86.6 cm³/mol. The fourth-order valence-electron chi connectivity index (χ4n) is 2.56. The molecule has 2 heterocycles. The van der Waals surface area contributed by atoms with Crippen molar-refractivity contribution < 1.29 is 4.79 Å². The summed E-state index contributed by atoms with van der Waals surface area (Å²) in [6.07, 6.45) is 2.46. The minimum absolute atomic E-state index is 0.00274. The van der Waals surface area contributed by atoms with Crippen molar-refractivity contribution in [2.75, 3.05) is 11.6 Å². The summed E-state index contributed by atoms with van der Waals surface area (Å²) in [5, 5.41) is 6.63. The summed E-state index contributed by atoms with van der Waals surface area (Å²) in [6.45, 7) is 2.58. The van der Waals surface area contributed by atoms with E-state index in [2.05, 4.69) is 17.0 Å². The van der Waals surface area contributed by atoms with Crippen molar-refractivity contribution >= 4 is 38.3 Å². The van der Waals surface area contributed by atoms with Gasteiger partial charge in [-0.3, -0.25) is 4.79 Å². The lowest BCUT2D eigenvalue weighted by Gasteiger charge is -2.10. The molecule has 0 spiro atoms. The molecule has 110 valence electrons. The van der Waals surface area contributed by atoms with E-state index >= 15 is 0 Å². The van der Waals surface area contributed by atoms with Crippen LogP contribution in [0.5, 0.6) is 0 Å². The zero-order valence-corrected chi connectivity index (χ0v) is 12.8. The van der Waals surface area contributed by atoms with Crippen molar-refractivity contribution in [3.05, 3.63) is 24.3 Å². The summed E-state index contributed by atoms with van der Waals surface area (Å²) in [6, 6.07) is 7.87. The first-order valence-corrected chi connectivity index (χ1v) is 8.03. The second kappa shape index (κ2) is 5.91. The third kappa shape index (κ3) is 2.56. The summed E-state index contributed by atoms with van der Waals surface area (Å²) >= 11 is 1.49. The Morgan fingerprint density at radius 1 is 1.38 bits per heavy atom. The van der Waals surface area contributed by atoms with Gasteiger partial charge in [-0.15, -0.1) is 0 Å². The van der Waals surface area contributed by atoms with E-state index in [1.165, 1.54) is 16.3 Å². The third-order valence-corrected chi connectivity index (χ3v) is 4.57. The zero-order chi connectivity index (χ0) is 14.8. The van der Waals surface area contributed by atoms with Crippen LogP contribution in [0.15, 0.2) is 29.4 Å². The van der Waals surface area contributed by atoms with Crippen molar-refractivity contribution in [2.24, 2.45) is 16.8 Å². The molecule has 1 amide bonds. The smallest absolute Gasteiger partial charge is 0.258 e. The van der Waals surface area contributed by atoms with Crippen molar-refractivity contribution in [1.29, 1.82) is 0 Å². The molecule has 0 saturated carbocycles. The Hall–Kier alpha value is -1.79. The molecule has 0 radical (unpaired) electrons. The average Bonchev–Trinajstić information content (AvgIpc) is 3.03. The van der Waals surface area contributed by atoms with Crippen LogP contribution < -0.4 is 10.7 Å². The molecule has 1 aromatic heterocycles. The van der Waals surface area contributed by atoms with E-state index in [1.807, 2.05) is 24.3 Å². The molecular formula is C15H18N4OS. The van der Waals surface area contributed by atoms with Gasteiger partial charge < -0.3 is 5.73 Å². The summed E-state index contributed by atoms with van der Waals surface area (Å²) in [5.74, 6) is -0.176. The minimum atomic E-state index is -0.179. The quantitative estimate of drug-likeness (QED) is 0.923. The molecule has 3 rings (SSSR count). The summed E-state index contributed by atoms with van der Waals surface area (Å²) in [4.78, 5) is 17.1. The van der Waals surface area contributed by atoms with Crippen LogP contribution in [-0.4, -0.2) is 23.1 Å². The van der Waals surface area contributed by atoms with Gasteiger partial charge in [0.05, 0.1) is 21.8 Å². The molecule has 1 aliphatic rings. The maximum absolute atomic E-state index is 12.6. The molecule has 2 N–H and O–H groups in total. The molecule has 21 heavy (non-hydrogen) atoms. The predicted octanol–water partition coefficient (Wildman–Crippen LogP) is 2.76. The number of hydrogen-bond donors (Lipinski definition) is 1. The van der Waals surface area contributed by atoms with E-state index in [-0.39, 0.29) is 11.8 Å². The average molecular weight is 302 g/mol. The molecule has 1 aromatic carbocycles. The van der Waals surface area contributed by atoms with E-state index in [0.717, 1.165) is 28.8 Å². The second-order valence-electron chi connectivity index (χ2n) is 5.09. The molecule has 0 bridgehead atoms. The van der Waals surface area contributed by atoms with Crippen LogP contribution in [0.1, 0.15) is 26.2 Å². The second-order valence-corrected chi connectivity index (χ2v) is 6.09. The van der Waals surface area contributed by atoms with Gasteiger partial charge in [0, 0.05) is 0 Å². The number of hydrazone groups is 1. The lowest BCUT2D eigenvalue weighted by Crippen LogP contribution is -2.29. The van der Waals surface area contributed by atoms with Gasteiger partial charge in [-0.25, -0.2) is 4.98 Å². The number of anilines is 1. The molecule has 6 heteroatoms.